The number of unbranched alkanes of at least 4 members (excludes halogenated alkanes) is 1. The van der Waals surface area contributed by atoms with Gasteiger partial charge < -0.3 is 15.2 Å². The molecule has 1 unspecified atom stereocenters. The summed E-state index contributed by atoms with van der Waals surface area (Å²) in [5, 5.41) is 14.1. The van der Waals surface area contributed by atoms with Crippen molar-refractivity contribution in [1.29, 1.82) is 0 Å². The van der Waals surface area contributed by atoms with Gasteiger partial charge in [-0.05, 0) is 31.0 Å². The van der Waals surface area contributed by atoms with Crippen LogP contribution in [0.2, 0.25) is 10.0 Å². The molecule has 1 aromatic rings. The predicted molar refractivity (Wildman–Crippen MR) is 81.4 cm³/mol. The Labute approximate surface area is 124 Å². The van der Waals surface area contributed by atoms with Crippen molar-refractivity contribution in [3.8, 4) is 0 Å². The van der Waals surface area contributed by atoms with E-state index in [-0.39, 0.29) is 0 Å². The first-order valence-corrected chi connectivity index (χ1v) is 7.25. The number of aliphatic hydroxyl groups excluding tert-OH is 1. The number of benzene rings is 1. The second-order valence-electron chi connectivity index (χ2n) is 4.54. The zero-order chi connectivity index (χ0) is 14.3. The molecular formula is C14H21Cl2NO2. The summed E-state index contributed by atoms with van der Waals surface area (Å²) < 4.78 is 5.35. The highest BCUT2D eigenvalue weighted by Gasteiger charge is 2.08. The van der Waals surface area contributed by atoms with Gasteiger partial charge in [-0.25, -0.2) is 0 Å². The Morgan fingerprint density at radius 3 is 2.74 bits per heavy atom. The molecule has 1 aromatic carbocycles. The van der Waals surface area contributed by atoms with Gasteiger partial charge in [-0.15, -0.1) is 0 Å². The lowest BCUT2D eigenvalue weighted by molar-refractivity contribution is 0.0422. The summed E-state index contributed by atoms with van der Waals surface area (Å²) in [5.74, 6) is 0. The average molecular weight is 306 g/mol. The lowest BCUT2D eigenvalue weighted by Crippen LogP contribution is -2.25. The van der Waals surface area contributed by atoms with Crippen LogP contribution in [0.4, 0.5) is 5.69 Å². The van der Waals surface area contributed by atoms with Crippen LogP contribution in [-0.2, 0) is 4.74 Å². The third kappa shape index (κ3) is 6.00. The van der Waals surface area contributed by atoms with E-state index in [2.05, 4.69) is 12.2 Å². The molecule has 5 heteroatoms. The Morgan fingerprint density at radius 1 is 1.32 bits per heavy atom. The van der Waals surface area contributed by atoms with Crippen molar-refractivity contribution < 1.29 is 9.84 Å². The topological polar surface area (TPSA) is 41.5 Å². The molecule has 0 radical (unpaired) electrons. The maximum Gasteiger partial charge on any atom is 0.0945 e. The van der Waals surface area contributed by atoms with Crippen LogP contribution in [0.15, 0.2) is 12.1 Å². The maximum absolute atomic E-state index is 9.76. The maximum atomic E-state index is 9.76. The highest BCUT2D eigenvalue weighted by atomic mass is 35.5. The predicted octanol–water partition coefficient (Wildman–Crippen LogP) is 3.89. The highest BCUT2D eigenvalue weighted by molar-refractivity contribution is 6.35. The van der Waals surface area contributed by atoms with Crippen molar-refractivity contribution in [1.82, 2.24) is 0 Å². The van der Waals surface area contributed by atoms with Crippen molar-refractivity contribution in [2.45, 2.75) is 32.8 Å². The molecule has 0 aliphatic carbocycles. The summed E-state index contributed by atoms with van der Waals surface area (Å²) >= 11 is 12.1. The second kappa shape index (κ2) is 8.64. The van der Waals surface area contributed by atoms with E-state index in [1.54, 1.807) is 12.1 Å². The van der Waals surface area contributed by atoms with Gasteiger partial charge in [-0.1, -0.05) is 36.5 Å². The average Bonchev–Trinajstić information content (AvgIpc) is 2.37. The quantitative estimate of drug-likeness (QED) is 0.716. The van der Waals surface area contributed by atoms with Gasteiger partial charge in [-0.2, -0.15) is 0 Å². The van der Waals surface area contributed by atoms with E-state index in [1.807, 2.05) is 6.92 Å². The second-order valence-corrected chi connectivity index (χ2v) is 5.36. The van der Waals surface area contributed by atoms with Gasteiger partial charge in [-0.3, -0.25) is 0 Å². The first-order valence-electron chi connectivity index (χ1n) is 6.50. The third-order valence-electron chi connectivity index (χ3n) is 2.73. The van der Waals surface area contributed by atoms with Gasteiger partial charge in [0.1, 0.15) is 0 Å². The van der Waals surface area contributed by atoms with E-state index in [0.29, 0.717) is 29.8 Å². The minimum absolute atomic E-state index is 0.324. The molecule has 0 saturated heterocycles. The van der Waals surface area contributed by atoms with E-state index in [0.717, 1.165) is 24.1 Å². The summed E-state index contributed by atoms with van der Waals surface area (Å²) in [4.78, 5) is 0. The number of hydrogen-bond donors (Lipinski definition) is 2. The van der Waals surface area contributed by atoms with Crippen molar-refractivity contribution in [3.05, 3.63) is 27.7 Å². The van der Waals surface area contributed by atoms with Crippen LogP contribution in [-0.4, -0.2) is 31.0 Å². The molecule has 2 N–H and O–H groups in total. The summed E-state index contributed by atoms with van der Waals surface area (Å²) in [5.41, 5.74) is 1.66. The molecule has 19 heavy (non-hydrogen) atoms. The summed E-state index contributed by atoms with van der Waals surface area (Å²) in [7, 11) is 0. The molecule has 3 nitrogen and oxygen atoms in total. The number of nitrogens with one attached hydrogen (secondary N) is 1. The van der Waals surface area contributed by atoms with Gasteiger partial charge in [0, 0.05) is 18.2 Å². The lowest BCUT2D eigenvalue weighted by atomic mass is 10.2. The standard InChI is InChI=1S/C14H21Cl2NO2/c1-3-4-5-19-9-11(18)8-17-14-7-12(15)10(2)6-13(14)16/h6-7,11,17-18H,3-5,8-9H2,1-2H3. The molecule has 0 heterocycles. The SMILES string of the molecule is CCCCOCC(O)CNc1cc(Cl)c(C)cc1Cl. The Morgan fingerprint density at radius 2 is 2.05 bits per heavy atom. The molecule has 1 atom stereocenters. The van der Waals surface area contributed by atoms with Crippen LogP contribution in [0, 0.1) is 6.92 Å². The lowest BCUT2D eigenvalue weighted by Gasteiger charge is -2.15. The van der Waals surface area contributed by atoms with Crippen LogP contribution < -0.4 is 5.32 Å². The number of rotatable bonds is 8. The Balaban J connectivity index is 2.37. The fraction of sp³-hybridized carbons (Fsp3) is 0.571. The zero-order valence-electron chi connectivity index (χ0n) is 11.4. The number of halogens is 2. The molecule has 0 amide bonds. The summed E-state index contributed by atoms with van der Waals surface area (Å²) in [6.07, 6.45) is 1.54. The smallest absolute Gasteiger partial charge is 0.0945 e. The Hall–Kier alpha value is -0.480. The normalized spacial score (nSPS) is 12.5. The van der Waals surface area contributed by atoms with E-state index in [4.69, 9.17) is 27.9 Å². The largest absolute Gasteiger partial charge is 0.389 e. The third-order valence-corrected chi connectivity index (χ3v) is 3.45. The van der Waals surface area contributed by atoms with Crippen LogP contribution in [0.5, 0.6) is 0 Å². The van der Waals surface area contributed by atoms with Crippen LogP contribution in [0.1, 0.15) is 25.3 Å². The number of anilines is 1. The Bertz CT molecular complexity index is 399. The highest BCUT2D eigenvalue weighted by Crippen LogP contribution is 2.28. The zero-order valence-corrected chi connectivity index (χ0v) is 12.9. The molecule has 0 aliphatic heterocycles. The first kappa shape index (κ1) is 16.6. The van der Waals surface area contributed by atoms with E-state index >= 15 is 0 Å². The fourth-order valence-corrected chi connectivity index (χ4v) is 1.98. The number of aryl methyl sites for hydroxylation is 1. The van der Waals surface area contributed by atoms with Gasteiger partial charge in [0.05, 0.1) is 23.4 Å². The Kier molecular flexibility index (Phi) is 7.54. The minimum atomic E-state index is -0.562. The molecule has 0 bridgehead atoms. The minimum Gasteiger partial charge on any atom is -0.389 e. The van der Waals surface area contributed by atoms with Gasteiger partial charge in [0.2, 0.25) is 0 Å². The van der Waals surface area contributed by atoms with Crippen LogP contribution >= 0.6 is 23.2 Å². The molecular weight excluding hydrogens is 285 g/mol. The number of ether oxygens (including phenoxy) is 1. The van der Waals surface area contributed by atoms with Crippen LogP contribution in [0.3, 0.4) is 0 Å². The van der Waals surface area contributed by atoms with Gasteiger partial charge >= 0.3 is 0 Å². The molecule has 0 spiro atoms. The van der Waals surface area contributed by atoms with Gasteiger partial charge in [0.15, 0.2) is 0 Å². The molecule has 0 aromatic heterocycles. The summed E-state index contributed by atoms with van der Waals surface area (Å²) in [6.45, 7) is 5.39. The van der Waals surface area contributed by atoms with Gasteiger partial charge in [0.25, 0.3) is 0 Å². The molecule has 0 fully saturated rings. The summed E-state index contributed by atoms with van der Waals surface area (Å²) in [6, 6.07) is 3.57. The number of hydrogen-bond acceptors (Lipinski definition) is 3. The van der Waals surface area contributed by atoms with E-state index in [9.17, 15) is 5.11 Å². The fourth-order valence-electron chi connectivity index (χ4n) is 1.53. The van der Waals surface area contributed by atoms with Crippen molar-refractivity contribution in [2.24, 2.45) is 0 Å². The van der Waals surface area contributed by atoms with Crippen LogP contribution in [0.25, 0.3) is 0 Å². The van der Waals surface area contributed by atoms with E-state index < -0.39 is 6.10 Å². The molecule has 0 saturated carbocycles. The molecule has 1 rings (SSSR count). The molecule has 108 valence electrons. The molecule has 0 aliphatic rings. The van der Waals surface area contributed by atoms with Crippen molar-refractivity contribution in [2.75, 3.05) is 25.1 Å². The number of aliphatic hydroxyl groups is 1. The van der Waals surface area contributed by atoms with E-state index in [1.165, 1.54) is 0 Å². The monoisotopic (exact) mass is 305 g/mol. The van der Waals surface area contributed by atoms with Crippen molar-refractivity contribution >= 4 is 28.9 Å². The first-order chi connectivity index (χ1) is 9.04. The van der Waals surface area contributed by atoms with Crippen molar-refractivity contribution in [3.63, 3.8) is 0 Å².